The number of hydrogen-bond acceptors (Lipinski definition) is 3. The zero-order valence-corrected chi connectivity index (χ0v) is 18.5. The Bertz CT molecular complexity index is 1150. The molecule has 0 radical (unpaired) electrons. The van der Waals surface area contributed by atoms with Crippen molar-refractivity contribution in [3.05, 3.63) is 89.7 Å². The molecule has 0 saturated carbocycles. The smallest absolute Gasteiger partial charge is 0.147 e. The first-order valence-corrected chi connectivity index (χ1v) is 11.0. The minimum Gasteiger partial charge on any atom is -0.493 e. The van der Waals surface area contributed by atoms with Crippen LogP contribution in [0.1, 0.15) is 43.1 Å². The van der Waals surface area contributed by atoms with Crippen LogP contribution < -0.4 is 9.47 Å². The van der Waals surface area contributed by atoms with Crippen molar-refractivity contribution < 1.29 is 9.47 Å². The Hall–Kier alpha value is -3.27. The van der Waals surface area contributed by atoms with Gasteiger partial charge in [-0.1, -0.05) is 56.3 Å². The second-order valence-corrected chi connectivity index (χ2v) is 8.17. The van der Waals surface area contributed by atoms with Crippen LogP contribution in [0.2, 0.25) is 0 Å². The first kappa shape index (κ1) is 21.0. The largest absolute Gasteiger partial charge is 0.493 e. The van der Waals surface area contributed by atoms with Gasteiger partial charge in [-0.25, -0.2) is 4.98 Å². The standard InChI is InChI=1S/C27H30N2O2/c1-20(2)23-12-4-7-15-26(23)30-17-9-16-29-25-14-6-5-13-24(25)28-27(29)19-31-22-11-8-10-21(3)18-22/h4-8,10-15,18,20H,9,16-17,19H2,1-3H3. The lowest BCUT2D eigenvalue weighted by Gasteiger charge is -2.15. The molecule has 0 aliphatic heterocycles. The van der Waals surface area contributed by atoms with E-state index in [1.165, 1.54) is 11.1 Å². The zero-order chi connectivity index (χ0) is 21.6. The van der Waals surface area contributed by atoms with Crippen molar-refractivity contribution in [3.63, 3.8) is 0 Å². The number of benzene rings is 3. The molecule has 0 amide bonds. The van der Waals surface area contributed by atoms with Gasteiger partial charge in [-0.3, -0.25) is 0 Å². The van der Waals surface area contributed by atoms with Crippen molar-refractivity contribution in [2.24, 2.45) is 0 Å². The van der Waals surface area contributed by atoms with E-state index in [2.05, 4.69) is 67.8 Å². The lowest BCUT2D eigenvalue weighted by Crippen LogP contribution is -2.10. The van der Waals surface area contributed by atoms with E-state index in [9.17, 15) is 0 Å². The van der Waals surface area contributed by atoms with Crippen LogP contribution in [0.4, 0.5) is 0 Å². The summed E-state index contributed by atoms with van der Waals surface area (Å²) in [6, 6.07) is 24.7. The van der Waals surface area contributed by atoms with Crippen molar-refractivity contribution in [1.29, 1.82) is 0 Å². The Balaban J connectivity index is 1.45. The number of hydrogen-bond donors (Lipinski definition) is 0. The summed E-state index contributed by atoms with van der Waals surface area (Å²) in [5.41, 5.74) is 4.57. The van der Waals surface area contributed by atoms with Gasteiger partial charge >= 0.3 is 0 Å². The fourth-order valence-electron chi connectivity index (χ4n) is 3.83. The van der Waals surface area contributed by atoms with Gasteiger partial charge in [0.15, 0.2) is 0 Å². The monoisotopic (exact) mass is 414 g/mol. The van der Waals surface area contributed by atoms with Gasteiger partial charge in [0.2, 0.25) is 0 Å². The number of imidazole rings is 1. The maximum absolute atomic E-state index is 6.13. The van der Waals surface area contributed by atoms with Crippen molar-refractivity contribution in [2.75, 3.05) is 6.61 Å². The van der Waals surface area contributed by atoms with Gasteiger partial charge in [0.1, 0.15) is 23.9 Å². The van der Waals surface area contributed by atoms with Crippen LogP contribution in [-0.4, -0.2) is 16.2 Å². The average Bonchev–Trinajstić information content (AvgIpc) is 3.13. The normalized spacial score (nSPS) is 11.2. The molecule has 0 aliphatic carbocycles. The summed E-state index contributed by atoms with van der Waals surface area (Å²) in [6.45, 7) is 8.39. The van der Waals surface area contributed by atoms with Crippen LogP contribution in [0.15, 0.2) is 72.8 Å². The summed E-state index contributed by atoms with van der Waals surface area (Å²) < 4.78 is 14.4. The lowest BCUT2D eigenvalue weighted by molar-refractivity contribution is 0.279. The fourth-order valence-corrected chi connectivity index (χ4v) is 3.83. The highest BCUT2D eigenvalue weighted by atomic mass is 16.5. The van der Waals surface area contributed by atoms with E-state index in [1.54, 1.807) is 0 Å². The predicted molar refractivity (Wildman–Crippen MR) is 126 cm³/mol. The molecule has 0 unspecified atom stereocenters. The Kier molecular flexibility index (Phi) is 6.56. The summed E-state index contributed by atoms with van der Waals surface area (Å²) in [7, 11) is 0. The van der Waals surface area contributed by atoms with Gasteiger partial charge in [0.05, 0.1) is 17.6 Å². The predicted octanol–water partition coefficient (Wildman–Crippen LogP) is 6.52. The van der Waals surface area contributed by atoms with Crippen LogP contribution >= 0.6 is 0 Å². The molecule has 0 fully saturated rings. The van der Waals surface area contributed by atoms with Crippen LogP contribution in [-0.2, 0) is 13.2 Å². The summed E-state index contributed by atoms with van der Waals surface area (Å²) in [5.74, 6) is 3.23. The summed E-state index contributed by atoms with van der Waals surface area (Å²) in [4.78, 5) is 4.82. The number of fused-ring (bicyclic) bond motifs is 1. The minimum absolute atomic E-state index is 0.440. The van der Waals surface area contributed by atoms with Crippen molar-refractivity contribution >= 4 is 11.0 Å². The molecule has 0 bridgehead atoms. The molecule has 4 rings (SSSR count). The molecule has 3 aromatic carbocycles. The molecule has 4 heteroatoms. The Labute approximate surface area is 184 Å². The third-order valence-electron chi connectivity index (χ3n) is 5.42. The van der Waals surface area contributed by atoms with Gasteiger partial charge < -0.3 is 14.0 Å². The Morgan fingerprint density at radius 1 is 0.903 bits per heavy atom. The van der Waals surface area contributed by atoms with E-state index >= 15 is 0 Å². The SMILES string of the molecule is Cc1cccc(OCc2nc3ccccc3n2CCCOc2ccccc2C(C)C)c1. The summed E-state index contributed by atoms with van der Waals surface area (Å²) in [5, 5.41) is 0. The van der Waals surface area contributed by atoms with Gasteiger partial charge in [-0.05, 0) is 60.7 Å². The molecule has 0 spiro atoms. The van der Waals surface area contributed by atoms with Gasteiger partial charge in [-0.15, -0.1) is 0 Å². The molecule has 0 N–H and O–H groups in total. The molecule has 4 nitrogen and oxygen atoms in total. The van der Waals surface area contributed by atoms with E-state index in [1.807, 2.05) is 30.3 Å². The molecule has 1 aromatic heterocycles. The van der Waals surface area contributed by atoms with Crippen LogP contribution in [0.25, 0.3) is 11.0 Å². The minimum atomic E-state index is 0.440. The molecule has 1 heterocycles. The number of aromatic nitrogens is 2. The van der Waals surface area contributed by atoms with E-state index in [0.29, 0.717) is 19.1 Å². The molecular weight excluding hydrogens is 384 g/mol. The lowest BCUT2D eigenvalue weighted by atomic mass is 10.0. The second kappa shape index (κ2) is 9.69. The number of aryl methyl sites for hydroxylation is 2. The maximum Gasteiger partial charge on any atom is 0.147 e. The number of para-hydroxylation sites is 3. The number of ether oxygens (including phenoxy) is 2. The molecule has 0 aliphatic rings. The van der Waals surface area contributed by atoms with E-state index in [0.717, 1.165) is 41.3 Å². The highest BCUT2D eigenvalue weighted by Crippen LogP contribution is 2.26. The van der Waals surface area contributed by atoms with E-state index in [4.69, 9.17) is 14.5 Å². The third-order valence-corrected chi connectivity index (χ3v) is 5.42. The van der Waals surface area contributed by atoms with Crippen LogP contribution in [0, 0.1) is 6.92 Å². The first-order chi connectivity index (χ1) is 15.1. The molecule has 31 heavy (non-hydrogen) atoms. The highest BCUT2D eigenvalue weighted by molar-refractivity contribution is 5.75. The van der Waals surface area contributed by atoms with E-state index in [-0.39, 0.29) is 0 Å². The van der Waals surface area contributed by atoms with Crippen LogP contribution in [0.5, 0.6) is 11.5 Å². The van der Waals surface area contributed by atoms with Gasteiger partial charge in [0.25, 0.3) is 0 Å². The molecule has 0 saturated heterocycles. The Morgan fingerprint density at radius 2 is 1.71 bits per heavy atom. The number of nitrogens with zero attached hydrogens (tertiary/aromatic N) is 2. The second-order valence-electron chi connectivity index (χ2n) is 8.17. The topological polar surface area (TPSA) is 36.3 Å². The maximum atomic E-state index is 6.13. The van der Waals surface area contributed by atoms with Gasteiger partial charge in [-0.2, -0.15) is 0 Å². The third kappa shape index (κ3) is 5.08. The van der Waals surface area contributed by atoms with E-state index < -0.39 is 0 Å². The summed E-state index contributed by atoms with van der Waals surface area (Å²) >= 11 is 0. The average molecular weight is 415 g/mol. The zero-order valence-electron chi connectivity index (χ0n) is 18.5. The quantitative estimate of drug-likeness (QED) is 0.293. The summed E-state index contributed by atoms with van der Waals surface area (Å²) in [6.07, 6.45) is 0.893. The van der Waals surface area contributed by atoms with Gasteiger partial charge in [0, 0.05) is 6.54 Å². The molecule has 0 atom stereocenters. The van der Waals surface area contributed by atoms with Crippen LogP contribution in [0.3, 0.4) is 0 Å². The molecule has 4 aromatic rings. The molecular formula is C27H30N2O2. The highest BCUT2D eigenvalue weighted by Gasteiger charge is 2.12. The molecule has 160 valence electrons. The van der Waals surface area contributed by atoms with Crippen molar-refractivity contribution in [2.45, 2.75) is 46.3 Å². The van der Waals surface area contributed by atoms with Crippen molar-refractivity contribution in [3.8, 4) is 11.5 Å². The number of rotatable bonds is 9. The Morgan fingerprint density at radius 3 is 2.55 bits per heavy atom. The van der Waals surface area contributed by atoms with Crippen molar-refractivity contribution in [1.82, 2.24) is 9.55 Å². The fraction of sp³-hybridized carbons (Fsp3) is 0.296. The first-order valence-electron chi connectivity index (χ1n) is 11.0.